The lowest BCUT2D eigenvalue weighted by molar-refractivity contribution is -0.141. The Kier molecular flexibility index (Phi) is 4.77. The summed E-state index contributed by atoms with van der Waals surface area (Å²) >= 11 is 0. The van der Waals surface area contributed by atoms with Crippen molar-refractivity contribution in [2.45, 2.75) is 38.2 Å². The summed E-state index contributed by atoms with van der Waals surface area (Å²) in [5, 5.41) is 8.99. The number of rotatable bonds is 5. The van der Waals surface area contributed by atoms with Crippen LogP contribution in [-0.2, 0) is 14.8 Å². The number of sulfonamides is 1. The average Bonchev–Trinajstić information content (AvgIpc) is 2.91. The van der Waals surface area contributed by atoms with Gasteiger partial charge in [0.1, 0.15) is 5.75 Å². The highest BCUT2D eigenvalue weighted by atomic mass is 32.2. The van der Waals surface area contributed by atoms with E-state index in [-0.39, 0.29) is 24.1 Å². The van der Waals surface area contributed by atoms with E-state index in [4.69, 9.17) is 9.84 Å². The van der Waals surface area contributed by atoms with Gasteiger partial charge in [-0.25, -0.2) is 8.42 Å². The first-order valence-corrected chi connectivity index (χ1v) is 8.66. The van der Waals surface area contributed by atoms with Crippen molar-refractivity contribution >= 4 is 16.0 Å². The molecule has 7 heteroatoms. The van der Waals surface area contributed by atoms with Gasteiger partial charge in [-0.05, 0) is 51.0 Å². The second kappa shape index (κ2) is 6.26. The molecule has 1 aliphatic heterocycles. The number of hydrogen-bond acceptors (Lipinski definition) is 4. The van der Waals surface area contributed by atoms with E-state index in [1.165, 1.54) is 10.4 Å². The minimum absolute atomic E-state index is 0.0102. The summed E-state index contributed by atoms with van der Waals surface area (Å²) in [6.45, 7) is 5.87. The Hall–Kier alpha value is -1.60. The molecule has 22 heavy (non-hydrogen) atoms. The van der Waals surface area contributed by atoms with Crippen molar-refractivity contribution in [3.8, 4) is 5.75 Å². The van der Waals surface area contributed by atoms with Crippen molar-refractivity contribution in [2.24, 2.45) is 5.92 Å². The first-order chi connectivity index (χ1) is 10.2. The molecule has 1 aliphatic rings. The Morgan fingerprint density at radius 1 is 1.41 bits per heavy atom. The van der Waals surface area contributed by atoms with Gasteiger partial charge in [-0.15, -0.1) is 0 Å². The summed E-state index contributed by atoms with van der Waals surface area (Å²) in [6, 6.07) is 4.72. The van der Waals surface area contributed by atoms with Gasteiger partial charge in [0, 0.05) is 13.1 Å². The van der Waals surface area contributed by atoms with Crippen molar-refractivity contribution in [3.63, 3.8) is 0 Å². The number of ether oxygens (including phenoxy) is 1. The number of carboxylic acids is 1. The van der Waals surface area contributed by atoms with Crippen LogP contribution in [0.3, 0.4) is 0 Å². The van der Waals surface area contributed by atoms with E-state index >= 15 is 0 Å². The van der Waals surface area contributed by atoms with Crippen molar-refractivity contribution in [2.75, 3.05) is 13.1 Å². The molecular formula is C15H21NO5S. The average molecular weight is 327 g/mol. The minimum atomic E-state index is -3.66. The monoisotopic (exact) mass is 327 g/mol. The first-order valence-electron chi connectivity index (χ1n) is 7.22. The second-order valence-electron chi connectivity index (χ2n) is 5.78. The highest BCUT2D eigenvalue weighted by Gasteiger charge is 2.35. The molecule has 0 radical (unpaired) electrons. The fraction of sp³-hybridized carbons (Fsp3) is 0.533. The third kappa shape index (κ3) is 3.41. The van der Waals surface area contributed by atoms with Gasteiger partial charge < -0.3 is 9.84 Å². The van der Waals surface area contributed by atoms with E-state index in [1.807, 2.05) is 13.8 Å². The molecular weight excluding hydrogens is 306 g/mol. The molecule has 122 valence electrons. The SMILES string of the molecule is Cc1cc(S(=O)(=O)N2CC[C@H](C(=O)O)C2)ccc1OC(C)C. The van der Waals surface area contributed by atoms with E-state index in [1.54, 1.807) is 19.1 Å². The molecule has 6 nitrogen and oxygen atoms in total. The van der Waals surface area contributed by atoms with Crippen molar-refractivity contribution in [1.29, 1.82) is 0 Å². The summed E-state index contributed by atoms with van der Waals surface area (Å²) in [6.07, 6.45) is 0.360. The largest absolute Gasteiger partial charge is 0.491 e. The van der Waals surface area contributed by atoms with Gasteiger partial charge in [0.15, 0.2) is 0 Å². The van der Waals surface area contributed by atoms with Gasteiger partial charge >= 0.3 is 5.97 Å². The Morgan fingerprint density at radius 3 is 2.59 bits per heavy atom. The molecule has 0 saturated carbocycles. The molecule has 0 amide bonds. The van der Waals surface area contributed by atoms with Gasteiger partial charge in [0.2, 0.25) is 10.0 Å². The minimum Gasteiger partial charge on any atom is -0.491 e. The predicted octanol–water partition coefficient (Wildman–Crippen LogP) is 1.88. The number of nitrogens with zero attached hydrogens (tertiary/aromatic N) is 1. The highest BCUT2D eigenvalue weighted by Crippen LogP contribution is 2.28. The molecule has 1 N–H and O–H groups in total. The van der Waals surface area contributed by atoms with E-state index in [2.05, 4.69) is 0 Å². The molecule has 0 aromatic heterocycles. The van der Waals surface area contributed by atoms with Crippen LogP contribution in [0.1, 0.15) is 25.8 Å². The summed E-state index contributed by atoms with van der Waals surface area (Å²) < 4.78 is 32.0. The maximum Gasteiger partial charge on any atom is 0.307 e. The molecule has 1 heterocycles. The third-order valence-corrected chi connectivity index (χ3v) is 5.51. The summed E-state index contributed by atoms with van der Waals surface area (Å²) in [5.74, 6) is -0.923. The summed E-state index contributed by atoms with van der Waals surface area (Å²) in [7, 11) is -3.66. The number of carbonyl (C=O) groups is 1. The van der Waals surface area contributed by atoms with Gasteiger partial charge in [-0.3, -0.25) is 4.79 Å². The zero-order valence-electron chi connectivity index (χ0n) is 12.9. The molecule has 1 aromatic rings. The standard InChI is InChI=1S/C15H21NO5S/c1-10(2)21-14-5-4-13(8-11(14)3)22(19,20)16-7-6-12(9-16)15(17)18/h4-5,8,10,12H,6-7,9H2,1-3H3,(H,17,18)/t12-/m0/s1. The van der Waals surface area contributed by atoms with Crippen molar-refractivity contribution in [3.05, 3.63) is 23.8 Å². The molecule has 0 bridgehead atoms. The molecule has 1 atom stereocenters. The lowest BCUT2D eigenvalue weighted by Gasteiger charge is -2.18. The zero-order chi connectivity index (χ0) is 16.5. The Morgan fingerprint density at radius 2 is 2.09 bits per heavy atom. The van der Waals surface area contributed by atoms with E-state index < -0.39 is 21.9 Å². The molecule has 0 spiro atoms. The number of benzene rings is 1. The summed E-state index contributed by atoms with van der Waals surface area (Å²) in [4.78, 5) is 11.1. The highest BCUT2D eigenvalue weighted by molar-refractivity contribution is 7.89. The van der Waals surface area contributed by atoms with Crippen molar-refractivity contribution < 1.29 is 23.1 Å². The van der Waals surface area contributed by atoms with Crippen LogP contribution in [0.5, 0.6) is 5.75 Å². The summed E-state index contributed by atoms with van der Waals surface area (Å²) in [5.41, 5.74) is 0.740. The molecule has 1 aromatic carbocycles. The molecule has 1 fully saturated rings. The zero-order valence-corrected chi connectivity index (χ0v) is 13.8. The second-order valence-corrected chi connectivity index (χ2v) is 7.72. The number of aliphatic carboxylic acids is 1. The van der Waals surface area contributed by atoms with Crippen LogP contribution in [0, 0.1) is 12.8 Å². The van der Waals surface area contributed by atoms with Crippen LogP contribution in [0.25, 0.3) is 0 Å². The quantitative estimate of drug-likeness (QED) is 0.892. The maximum atomic E-state index is 12.6. The number of aryl methyl sites for hydroxylation is 1. The Labute approximate surface area is 130 Å². The van der Waals surface area contributed by atoms with Crippen LogP contribution in [0.15, 0.2) is 23.1 Å². The molecule has 0 unspecified atom stereocenters. The lowest BCUT2D eigenvalue weighted by Crippen LogP contribution is -2.30. The lowest BCUT2D eigenvalue weighted by atomic mass is 10.1. The number of hydrogen-bond donors (Lipinski definition) is 1. The van der Waals surface area contributed by atoms with Gasteiger partial charge in [0.25, 0.3) is 0 Å². The van der Waals surface area contributed by atoms with Crippen LogP contribution in [0.4, 0.5) is 0 Å². The first kappa shape index (κ1) is 16.8. The molecule has 0 aliphatic carbocycles. The van der Waals surface area contributed by atoms with Crippen LogP contribution >= 0.6 is 0 Å². The fourth-order valence-corrected chi connectivity index (χ4v) is 4.05. The van der Waals surface area contributed by atoms with Crippen molar-refractivity contribution in [1.82, 2.24) is 4.31 Å². The molecule has 2 rings (SSSR count). The van der Waals surface area contributed by atoms with Gasteiger partial charge in [-0.2, -0.15) is 4.31 Å². The van der Waals surface area contributed by atoms with E-state index in [9.17, 15) is 13.2 Å². The topological polar surface area (TPSA) is 83.9 Å². The van der Waals surface area contributed by atoms with Crippen LogP contribution < -0.4 is 4.74 Å². The third-order valence-electron chi connectivity index (χ3n) is 3.65. The predicted molar refractivity (Wildman–Crippen MR) is 81.4 cm³/mol. The van der Waals surface area contributed by atoms with Gasteiger partial charge in [-0.1, -0.05) is 0 Å². The Balaban J connectivity index is 2.23. The van der Waals surface area contributed by atoms with Gasteiger partial charge in [0.05, 0.1) is 16.9 Å². The van der Waals surface area contributed by atoms with E-state index in [0.29, 0.717) is 12.2 Å². The normalized spacial score (nSPS) is 19.5. The molecule has 1 saturated heterocycles. The fourth-order valence-electron chi connectivity index (χ4n) is 2.47. The van der Waals surface area contributed by atoms with Crippen LogP contribution in [-0.4, -0.2) is 43.0 Å². The number of carboxylic acid groups (broad SMARTS) is 1. The smallest absolute Gasteiger partial charge is 0.307 e. The maximum absolute atomic E-state index is 12.6. The van der Waals surface area contributed by atoms with Crippen LogP contribution in [0.2, 0.25) is 0 Å². The Bertz CT molecular complexity index is 669. The van der Waals surface area contributed by atoms with E-state index in [0.717, 1.165) is 5.56 Å².